The lowest BCUT2D eigenvalue weighted by atomic mass is 10.1. The minimum absolute atomic E-state index is 0.0547. The molecule has 1 atom stereocenters. The normalized spacial score (nSPS) is 12.0. The summed E-state index contributed by atoms with van der Waals surface area (Å²) in [5, 5.41) is 2.63. The molecule has 2 rings (SSSR count). The fourth-order valence-electron chi connectivity index (χ4n) is 1.72. The number of aryl methyl sites for hydroxylation is 1. The fourth-order valence-corrected chi connectivity index (χ4v) is 1.72. The highest BCUT2D eigenvalue weighted by atomic mass is 19.1. The number of nitrogens with one attached hydrogen (secondary N) is 1. The van der Waals surface area contributed by atoms with Crippen LogP contribution in [-0.2, 0) is 0 Å². The van der Waals surface area contributed by atoms with Gasteiger partial charge in [-0.2, -0.15) is 0 Å². The summed E-state index contributed by atoms with van der Waals surface area (Å²) in [7, 11) is 1.43. The fraction of sp³-hybridized carbons (Fsp3) is 0.286. The van der Waals surface area contributed by atoms with Gasteiger partial charge in [0.15, 0.2) is 0 Å². The van der Waals surface area contributed by atoms with E-state index in [9.17, 15) is 9.18 Å². The van der Waals surface area contributed by atoms with Crippen molar-refractivity contribution in [3.05, 3.63) is 47.4 Å². The van der Waals surface area contributed by atoms with Crippen molar-refractivity contribution in [2.45, 2.75) is 19.9 Å². The van der Waals surface area contributed by atoms with E-state index in [0.29, 0.717) is 17.4 Å². The Labute approximate surface area is 115 Å². The third kappa shape index (κ3) is 2.96. The number of halogens is 1. The molecule has 0 bridgehead atoms. The number of aromatic nitrogens is 1. The van der Waals surface area contributed by atoms with E-state index in [2.05, 4.69) is 10.3 Å². The SMILES string of the molecule is COc1ccc(C(=O)NC(C)c2ncc(C)o2)c(F)c1. The van der Waals surface area contributed by atoms with Gasteiger partial charge in [0.05, 0.1) is 18.9 Å². The Balaban J connectivity index is 2.12. The Morgan fingerprint density at radius 3 is 2.80 bits per heavy atom. The van der Waals surface area contributed by atoms with Crippen LogP contribution in [0.15, 0.2) is 28.8 Å². The van der Waals surface area contributed by atoms with Crippen molar-refractivity contribution in [3.63, 3.8) is 0 Å². The Hall–Kier alpha value is -2.37. The predicted octanol–water partition coefficient (Wildman–Crippen LogP) is 2.62. The molecule has 20 heavy (non-hydrogen) atoms. The first kappa shape index (κ1) is 14.0. The molecule has 1 N–H and O–H groups in total. The van der Waals surface area contributed by atoms with Gasteiger partial charge in [-0.1, -0.05) is 0 Å². The highest BCUT2D eigenvalue weighted by Gasteiger charge is 2.18. The molecule has 0 spiro atoms. The number of ether oxygens (including phenoxy) is 1. The number of amides is 1. The molecule has 0 fully saturated rings. The van der Waals surface area contributed by atoms with E-state index >= 15 is 0 Å². The van der Waals surface area contributed by atoms with Gasteiger partial charge in [0.2, 0.25) is 5.89 Å². The second-order valence-electron chi connectivity index (χ2n) is 4.35. The molecule has 1 aromatic carbocycles. The van der Waals surface area contributed by atoms with Crippen LogP contribution in [0.3, 0.4) is 0 Å². The summed E-state index contributed by atoms with van der Waals surface area (Å²) in [6, 6.07) is 3.61. The predicted molar refractivity (Wildman–Crippen MR) is 70.1 cm³/mol. The van der Waals surface area contributed by atoms with E-state index in [0.717, 1.165) is 6.07 Å². The number of nitrogens with zero attached hydrogens (tertiary/aromatic N) is 1. The van der Waals surface area contributed by atoms with Crippen LogP contribution in [-0.4, -0.2) is 18.0 Å². The molecule has 0 radical (unpaired) electrons. The average molecular weight is 278 g/mol. The standard InChI is InChI=1S/C14H15FN2O3/c1-8-7-16-14(20-8)9(2)17-13(18)11-5-4-10(19-3)6-12(11)15/h4-7,9H,1-3H3,(H,17,18). The van der Waals surface area contributed by atoms with Crippen molar-refractivity contribution < 1.29 is 18.3 Å². The molecule has 0 saturated heterocycles. The van der Waals surface area contributed by atoms with E-state index in [1.807, 2.05) is 0 Å². The minimum atomic E-state index is -0.641. The van der Waals surface area contributed by atoms with Crippen LogP contribution in [0.5, 0.6) is 5.75 Å². The van der Waals surface area contributed by atoms with E-state index in [1.54, 1.807) is 20.0 Å². The molecule has 0 aliphatic heterocycles. The average Bonchev–Trinajstić information content (AvgIpc) is 2.85. The monoisotopic (exact) mass is 278 g/mol. The summed E-state index contributed by atoms with van der Waals surface area (Å²) in [5.41, 5.74) is -0.0547. The zero-order chi connectivity index (χ0) is 14.7. The molecule has 1 unspecified atom stereocenters. The summed E-state index contributed by atoms with van der Waals surface area (Å²) in [6.45, 7) is 3.47. The van der Waals surface area contributed by atoms with E-state index < -0.39 is 17.8 Å². The topological polar surface area (TPSA) is 64.4 Å². The molecule has 0 aliphatic rings. The number of oxazole rings is 1. The van der Waals surface area contributed by atoms with Crippen LogP contribution in [0, 0.1) is 12.7 Å². The van der Waals surface area contributed by atoms with Crippen LogP contribution in [0.2, 0.25) is 0 Å². The molecule has 0 saturated carbocycles. The van der Waals surface area contributed by atoms with Crippen molar-refractivity contribution in [3.8, 4) is 5.75 Å². The lowest BCUT2D eigenvalue weighted by Crippen LogP contribution is -2.27. The first-order valence-electron chi connectivity index (χ1n) is 6.08. The molecule has 1 aromatic heterocycles. The maximum atomic E-state index is 13.8. The second-order valence-corrected chi connectivity index (χ2v) is 4.35. The van der Waals surface area contributed by atoms with Crippen LogP contribution < -0.4 is 10.1 Å². The number of hydrogen-bond acceptors (Lipinski definition) is 4. The number of hydrogen-bond donors (Lipinski definition) is 1. The summed E-state index contributed by atoms with van der Waals surface area (Å²) in [6.07, 6.45) is 1.56. The van der Waals surface area contributed by atoms with Gasteiger partial charge >= 0.3 is 0 Å². The van der Waals surface area contributed by atoms with Crippen molar-refractivity contribution in [2.24, 2.45) is 0 Å². The molecule has 6 heteroatoms. The molecule has 1 amide bonds. The maximum Gasteiger partial charge on any atom is 0.254 e. The first-order valence-corrected chi connectivity index (χ1v) is 6.08. The van der Waals surface area contributed by atoms with Gasteiger partial charge in [0.25, 0.3) is 5.91 Å². The van der Waals surface area contributed by atoms with Gasteiger partial charge in [-0.25, -0.2) is 9.37 Å². The van der Waals surface area contributed by atoms with Gasteiger partial charge < -0.3 is 14.5 Å². The molecule has 106 valence electrons. The van der Waals surface area contributed by atoms with Crippen LogP contribution in [0.1, 0.15) is 35.0 Å². The highest BCUT2D eigenvalue weighted by Crippen LogP contribution is 2.18. The molecular weight excluding hydrogens is 263 g/mol. The summed E-state index contributed by atoms with van der Waals surface area (Å²) in [5.74, 6) is 0.211. The lowest BCUT2D eigenvalue weighted by Gasteiger charge is -2.11. The third-order valence-corrected chi connectivity index (χ3v) is 2.78. The van der Waals surface area contributed by atoms with Gasteiger partial charge in [-0.05, 0) is 26.0 Å². The summed E-state index contributed by atoms with van der Waals surface area (Å²) < 4.78 is 24.0. The van der Waals surface area contributed by atoms with Gasteiger partial charge in [-0.3, -0.25) is 4.79 Å². The molecule has 1 heterocycles. The van der Waals surface area contributed by atoms with Crippen molar-refractivity contribution >= 4 is 5.91 Å². The quantitative estimate of drug-likeness (QED) is 0.933. The Kier molecular flexibility index (Phi) is 4.02. The summed E-state index contributed by atoms with van der Waals surface area (Å²) >= 11 is 0. The van der Waals surface area contributed by atoms with Crippen molar-refractivity contribution in [1.29, 1.82) is 0 Å². The number of carbonyl (C=O) groups excluding carboxylic acids is 1. The Morgan fingerprint density at radius 2 is 2.25 bits per heavy atom. The minimum Gasteiger partial charge on any atom is -0.497 e. The number of carbonyl (C=O) groups is 1. The Bertz CT molecular complexity index is 625. The molecule has 2 aromatic rings. The van der Waals surface area contributed by atoms with Crippen LogP contribution in [0.25, 0.3) is 0 Å². The van der Waals surface area contributed by atoms with Gasteiger partial charge in [0, 0.05) is 6.07 Å². The summed E-state index contributed by atoms with van der Waals surface area (Å²) in [4.78, 5) is 16.0. The molecule has 0 aliphatic carbocycles. The third-order valence-electron chi connectivity index (χ3n) is 2.78. The van der Waals surface area contributed by atoms with Gasteiger partial charge in [0.1, 0.15) is 23.4 Å². The first-order chi connectivity index (χ1) is 9.51. The van der Waals surface area contributed by atoms with Gasteiger partial charge in [-0.15, -0.1) is 0 Å². The second kappa shape index (κ2) is 5.73. The zero-order valence-corrected chi connectivity index (χ0v) is 11.4. The number of methoxy groups -OCH3 is 1. The maximum absolute atomic E-state index is 13.8. The van der Waals surface area contributed by atoms with E-state index in [1.165, 1.54) is 19.2 Å². The largest absolute Gasteiger partial charge is 0.497 e. The zero-order valence-electron chi connectivity index (χ0n) is 11.4. The van der Waals surface area contributed by atoms with Crippen molar-refractivity contribution in [1.82, 2.24) is 10.3 Å². The number of rotatable bonds is 4. The lowest BCUT2D eigenvalue weighted by molar-refractivity contribution is 0.0929. The van der Waals surface area contributed by atoms with Crippen LogP contribution >= 0.6 is 0 Å². The molecular formula is C14H15FN2O3. The van der Waals surface area contributed by atoms with E-state index in [4.69, 9.17) is 9.15 Å². The van der Waals surface area contributed by atoms with E-state index in [-0.39, 0.29) is 5.56 Å². The van der Waals surface area contributed by atoms with Crippen LogP contribution in [0.4, 0.5) is 4.39 Å². The smallest absolute Gasteiger partial charge is 0.254 e. The highest BCUT2D eigenvalue weighted by molar-refractivity contribution is 5.94. The van der Waals surface area contributed by atoms with Crippen molar-refractivity contribution in [2.75, 3.05) is 7.11 Å². The molecule has 5 nitrogen and oxygen atoms in total. The number of benzene rings is 1. The Morgan fingerprint density at radius 1 is 1.50 bits per heavy atom.